The minimum atomic E-state index is -0.423. The molecule has 1 aliphatic heterocycles. The molecular weight excluding hydrogens is 362 g/mol. The zero-order valence-corrected chi connectivity index (χ0v) is 16.8. The zero-order chi connectivity index (χ0) is 19.2. The summed E-state index contributed by atoms with van der Waals surface area (Å²) in [6, 6.07) is 8.02. The second-order valence-electron chi connectivity index (χ2n) is 6.93. The van der Waals surface area contributed by atoms with Crippen LogP contribution in [-0.4, -0.2) is 40.7 Å². The highest BCUT2D eigenvalue weighted by Gasteiger charge is 2.18. The van der Waals surface area contributed by atoms with Crippen LogP contribution in [0.2, 0.25) is 0 Å². The molecule has 0 aliphatic carbocycles. The average molecular weight is 390 g/mol. The van der Waals surface area contributed by atoms with E-state index in [4.69, 9.17) is 4.74 Å². The number of likely N-dealkylation sites (tertiary alicyclic amines) is 1. The number of aromatic nitrogens is 1. The third-order valence-electron chi connectivity index (χ3n) is 4.77. The van der Waals surface area contributed by atoms with Crippen LogP contribution in [0.5, 0.6) is 5.75 Å². The molecule has 1 fully saturated rings. The van der Waals surface area contributed by atoms with Gasteiger partial charge >= 0.3 is 0 Å². The number of hydrogen-bond acceptors (Lipinski definition) is 6. The van der Waals surface area contributed by atoms with Crippen molar-refractivity contribution in [1.82, 2.24) is 9.88 Å². The van der Waals surface area contributed by atoms with Crippen molar-refractivity contribution in [3.63, 3.8) is 0 Å². The molecule has 0 unspecified atom stereocenters. The van der Waals surface area contributed by atoms with Crippen LogP contribution < -0.4 is 9.80 Å². The first kappa shape index (κ1) is 19.8. The lowest BCUT2D eigenvalue weighted by molar-refractivity contribution is -0.124. The van der Waals surface area contributed by atoms with Gasteiger partial charge in [0, 0.05) is 11.4 Å². The van der Waals surface area contributed by atoms with Gasteiger partial charge in [-0.05, 0) is 57.5 Å². The van der Waals surface area contributed by atoms with Crippen LogP contribution in [-0.2, 0) is 11.3 Å². The highest BCUT2D eigenvalue weighted by atomic mass is 32.1. The van der Waals surface area contributed by atoms with Crippen LogP contribution in [0.3, 0.4) is 0 Å². The summed E-state index contributed by atoms with van der Waals surface area (Å²) >= 11 is 1.30. The molecule has 2 aromatic rings. The van der Waals surface area contributed by atoms with E-state index in [0.29, 0.717) is 10.2 Å². The Morgan fingerprint density at radius 3 is 2.78 bits per heavy atom. The second kappa shape index (κ2) is 9.30. The molecule has 1 amide bonds. The molecular formula is C20H27N3O3S. The van der Waals surface area contributed by atoms with E-state index in [2.05, 4.69) is 16.0 Å². The molecule has 1 saturated heterocycles. The Balaban J connectivity index is 1.48. The molecule has 1 N–H and O–H groups in total. The summed E-state index contributed by atoms with van der Waals surface area (Å²) in [7, 11) is 0. The summed E-state index contributed by atoms with van der Waals surface area (Å²) < 4.78 is 5.73. The van der Waals surface area contributed by atoms with Gasteiger partial charge in [0.25, 0.3) is 5.91 Å². The van der Waals surface area contributed by atoms with Crippen molar-refractivity contribution in [1.29, 1.82) is 0 Å². The first-order valence-corrected chi connectivity index (χ1v) is 10.2. The molecule has 0 bridgehead atoms. The third-order valence-corrected chi connectivity index (χ3v) is 5.82. The Morgan fingerprint density at radius 2 is 2.07 bits per heavy atom. The molecule has 0 spiro atoms. The summed E-state index contributed by atoms with van der Waals surface area (Å²) in [6.07, 6.45) is 3.96. The first-order valence-electron chi connectivity index (χ1n) is 9.43. The fourth-order valence-corrected chi connectivity index (χ4v) is 3.96. The van der Waals surface area contributed by atoms with Crippen LogP contribution in [0.1, 0.15) is 41.8 Å². The molecule has 1 aromatic carbocycles. The molecule has 3 rings (SSSR count). The van der Waals surface area contributed by atoms with Crippen molar-refractivity contribution in [2.75, 3.05) is 24.8 Å². The van der Waals surface area contributed by atoms with Gasteiger partial charge in [-0.2, -0.15) is 5.06 Å². The predicted octanol–water partition coefficient (Wildman–Crippen LogP) is 3.94. The number of aryl methyl sites for hydroxylation is 2. The van der Waals surface area contributed by atoms with Crippen LogP contribution in [0.25, 0.3) is 0 Å². The van der Waals surface area contributed by atoms with Crippen LogP contribution in [0, 0.1) is 13.8 Å². The third kappa shape index (κ3) is 5.51. The van der Waals surface area contributed by atoms with Crippen LogP contribution in [0.15, 0.2) is 24.3 Å². The van der Waals surface area contributed by atoms with Gasteiger partial charge in [0.05, 0.1) is 18.7 Å². The van der Waals surface area contributed by atoms with Gasteiger partial charge in [-0.25, -0.2) is 4.98 Å². The second-order valence-corrected chi connectivity index (χ2v) is 8.11. The zero-order valence-electron chi connectivity index (χ0n) is 16.0. The first-order chi connectivity index (χ1) is 13.0. The molecule has 0 radical (unpaired) electrons. The molecule has 1 aliphatic rings. The highest BCUT2D eigenvalue weighted by molar-refractivity contribution is 7.15. The van der Waals surface area contributed by atoms with Crippen LogP contribution in [0.4, 0.5) is 5.13 Å². The summed E-state index contributed by atoms with van der Waals surface area (Å²) in [6.45, 7) is 7.22. The minimum absolute atomic E-state index is 0.0878. The molecule has 1 aromatic heterocycles. The molecule has 0 atom stereocenters. The Labute approximate surface area is 164 Å². The maximum Gasteiger partial charge on any atom is 0.256 e. The summed E-state index contributed by atoms with van der Waals surface area (Å²) in [5.41, 5.74) is 2.04. The lowest BCUT2D eigenvalue weighted by atomic mass is 10.1. The molecule has 0 saturated carbocycles. The monoisotopic (exact) mass is 389 g/mol. The van der Waals surface area contributed by atoms with E-state index < -0.39 is 5.91 Å². The molecule has 7 heteroatoms. The van der Waals surface area contributed by atoms with Gasteiger partial charge in [0.15, 0.2) is 0 Å². The Morgan fingerprint density at radius 1 is 1.30 bits per heavy atom. The average Bonchev–Trinajstić information content (AvgIpc) is 3.01. The number of amides is 1. The number of anilines is 1. The number of carbonyl (C=O) groups is 1. The van der Waals surface area contributed by atoms with Gasteiger partial charge in [-0.1, -0.05) is 29.9 Å². The number of piperidine rings is 1. The van der Waals surface area contributed by atoms with Crippen LogP contribution >= 0.6 is 11.3 Å². The lowest BCUT2D eigenvalue weighted by Crippen LogP contribution is -2.29. The van der Waals surface area contributed by atoms with E-state index in [1.807, 2.05) is 32.0 Å². The van der Waals surface area contributed by atoms with Crippen molar-refractivity contribution in [3.05, 3.63) is 40.4 Å². The van der Waals surface area contributed by atoms with Crippen molar-refractivity contribution in [3.8, 4) is 5.75 Å². The molecule has 27 heavy (non-hydrogen) atoms. The van der Waals surface area contributed by atoms with Gasteiger partial charge in [0.2, 0.25) is 5.13 Å². The highest BCUT2D eigenvalue weighted by Crippen LogP contribution is 2.24. The minimum Gasteiger partial charge on any atom is -0.493 e. The Hall–Kier alpha value is -1.96. The van der Waals surface area contributed by atoms with Crippen molar-refractivity contribution in [2.45, 2.75) is 46.1 Å². The number of thiazole rings is 1. The van der Waals surface area contributed by atoms with E-state index in [-0.39, 0.29) is 13.0 Å². The summed E-state index contributed by atoms with van der Waals surface area (Å²) in [5, 5.41) is 11.0. The van der Waals surface area contributed by atoms with E-state index in [0.717, 1.165) is 36.0 Å². The molecule has 2 heterocycles. The van der Waals surface area contributed by atoms with E-state index >= 15 is 0 Å². The fourth-order valence-electron chi connectivity index (χ4n) is 3.12. The maximum atomic E-state index is 12.1. The smallest absolute Gasteiger partial charge is 0.256 e. The van der Waals surface area contributed by atoms with Crippen molar-refractivity contribution >= 4 is 22.4 Å². The number of nitrogens with zero attached hydrogens (tertiary/aromatic N) is 3. The molecule has 146 valence electrons. The SMILES string of the molecule is Cc1nc(N(O)C(=O)CCOc2cccc(CN3CCCCC3)c2)sc1C. The fraction of sp³-hybridized carbons (Fsp3) is 0.500. The number of benzene rings is 1. The van der Waals surface area contributed by atoms with Gasteiger partial charge < -0.3 is 4.74 Å². The lowest BCUT2D eigenvalue weighted by Gasteiger charge is -2.26. The number of rotatable bonds is 7. The number of ether oxygens (including phenoxy) is 1. The predicted molar refractivity (Wildman–Crippen MR) is 107 cm³/mol. The van der Waals surface area contributed by atoms with E-state index in [1.54, 1.807) is 0 Å². The normalized spacial score (nSPS) is 14.9. The Bertz CT molecular complexity index is 752. The summed E-state index contributed by atoms with van der Waals surface area (Å²) in [4.78, 5) is 19.8. The summed E-state index contributed by atoms with van der Waals surface area (Å²) in [5.74, 6) is 0.330. The largest absolute Gasteiger partial charge is 0.493 e. The van der Waals surface area contributed by atoms with E-state index in [1.165, 1.54) is 36.2 Å². The number of hydrogen-bond donors (Lipinski definition) is 1. The Kier molecular flexibility index (Phi) is 6.82. The van der Waals surface area contributed by atoms with Gasteiger partial charge in [0.1, 0.15) is 5.75 Å². The molecule has 6 nitrogen and oxygen atoms in total. The topological polar surface area (TPSA) is 65.9 Å². The van der Waals surface area contributed by atoms with E-state index in [9.17, 15) is 10.0 Å². The quantitative estimate of drug-likeness (QED) is 0.574. The number of hydroxylamine groups is 1. The standard InChI is InChI=1S/C20H27N3O3S/c1-15-16(2)27-20(21-15)23(25)19(24)9-12-26-18-8-6-7-17(13-18)14-22-10-4-3-5-11-22/h6-8,13,25H,3-5,9-12,14H2,1-2H3. The van der Waals surface area contributed by atoms with Crippen molar-refractivity contribution < 1.29 is 14.7 Å². The maximum absolute atomic E-state index is 12.1. The van der Waals surface area contributed by atoms with Crippen molar-refractivity contribution in [2.24, 2.45) is 0 Å². The van der Waals surface area contributed by atoms with Gasteiger partial charge in [-0.15, -0.1) is 0 Å². The van der Waals surface area contributed by atoms with Gasteiger partial charge in [-0.3, -0.25) is 14.9 Å². The number of carbonyl (C=O) groups excluding carboxylic acids is 1.